The van der Waals surface area contributed by atoms with Gasteiger partial charge in [-0.15, -0.1) is 0 Å². The average Bonchev–Trinajstić information content (AvgIpc) is 3.79. The Morgan fingerprint density at radius 1 is 1.09 bits per heavy atom. The van der Waals surface area contributed by atoms with Crippen LogP contribution in [0.3, 0.4) is 0 Å². The number of fused-ring (bicyclic) bond motifs is 4. The highest BCUT2D eigenvalue weighted by Gasteiger charge is 2.48. The van der Waals surface area contributed by atoms with Crippen LogP contribution in [0.1, 0.15) is 79.1 Å². The van der Waals surface area contributed by atoms with Gasteiger partial charge in [-0.1, -0.05) is 40.5 Å². The summed E-state index contributed by atoms with van der Waals surface area (Å²) in [4.78, 5) is 19.5. The molecule has 0 unspecified atom stereocenters. The highest BCUT2D eigenvalue weighted by atomic mass is 35.5. The first-order valence-corrected chi connectivity index (χ1v) is 15.6. The van der Waals surface area contributed by atoms with Crippen molar-refractivity contribution < 1.29 is 32.7 Å². The Morgan fingerprint density at radius 3 is 2.44 bits per heavy atom. The minimum absolute atomic E-state index is 0.0118. The third-order valence-corrected chi connectivity index (χ3v) is 10.2. The van der Waals surface area contributed by atoms with Crippen LogP contribution in [0.15, 0.2) is 47.3 Å². The van der Waals surface area contributed by atoms with Crippen molar-refractivity contribution in [1.82, 2.24) is 15.1 Å². The van der Waals surface area contributed by atoms with Crippen molar-refractivity contribution >= 4 is 46.2 Å². The first-order valence-electron chi connectivity index (χ1n) is 14.9. The second-order valence-electron chi connectivity index (χ2n) is 12.4. The molecule has 1 N–H and O–H groups in total. The van der Waals surface area contributed by atoms with Gasteiger partial charge in [-0.25, -0.2) is 9.78 Å². The number of aromatic carboxylic acids is 1. The van der Waals surface area contributed by atoms with Crippen LogP contribution in [0.5, 0.6) is 11.5 Å². The Labute approximate surface area is 267 Å². The summed E-state index contributed by atoms with van der Waals surface area (Å²) in [5.74, 6) is 0.140. The largest absolute Gasteiger partial charge is 0.493 e. The molecule has 0 amide bonds. The van der Waals surface area contributed by atoms with E-state index in [1.54, 1.807) is 30.6 Å². The number of carboxylic acids is 1. The zero-order chi connectivity index (χ0) is 31.3. The number of benzene rings is 1. The van der Waals surface area contributed by atoms with Crippen molar-refractivity contribution in [3.63, 3.8) is 0 Å². The number of alkyl halides is 2. The van der Waals surface area contributed by atoms with Gasteiger partial charge in [0.1, 0.15) is 23.0 Å². The van der Waals surface area contributed by atoms with Crippen molar-refractivity contribution in [3.05, 3.63) is 69.8 Å². The van der Waals surface area contributed by atoms with Crippen LogP contribution < -0.4 is 9.47 Å². The second-order valence-corrected chi connectivity index (χ2v) is 13.2. The Hall–Kier alpha value is -3.76. The van der Waals surface area contributed by atoms with Gasteiger partial charge in [0, 0.05) is 46.3 Å². The number of halogens is 4. The van der Waals surface area contributed by atoms with Crippen molar-refractivity contribution in [3.8, 4) is 22.8 Å². The maximum absolute atomic E-state index is 13.1. The van der Waals surface area contributed by atoms with Gasteiger partial charge in [-0.2, -0.15) is 8.78 Å². The second kappa shape index (κ2) is 11.6. The van der Waals surface area contributed by atoms with E-state index in [9.17, 15) is 18.7 Å². The van der Waals surface area contributed by atoms with Gasteiger partial charge in [0.25, 0.3) is 0 Å². The summed E-state index contributed by atoms with van der Waals surface area (Å²) in [5, 5.41) is 14.8. The van der Waals surface area contributed by atoms with Crippen LogP contribution in [0.4, 0.5) is 8.78 Å². The van der Waals surface area contributed by atoms with Gasteiger partial charge in [0.15, 0.2) is 5.69 Å². The molecule has 0 spiro atoms. The van der Waals surface area contributed by atoms with E-state index in [0.29, 0.717) is 39.6 Å². The molecule has 0 saturated heterocycles. The van der Waals surface area contributed by atoms with E-state index >= 15 is 0 Å². The van der Waals surface area contributed by atoms with Gasteiger partial charge in [0.05, 0.1) is 22.2 Å². The molecule has 4 aromatic rings. The minimum atomic E-state index is -3.11. The number of hydrogen-bond acceptors (Lipinski definition) is 7. The van der Waals surface area contributed by atoms with E-state index in [1.165, 1.54) is 0 Å². The number of nitrogens with zero attached hydrogens (tertiary/aromatic N) is 3. The van der Waals surface area contributed by atoms with Gasteiger partial charge in [0.2, 0.25) is 0 Å². The summed E-state index contributed by atoms with van der Waals surface area (Å²) in [7, 11) is 0. The van der Waals surface area contributed by atoms with E-state index in [4.69, 9.17) is 32.5 Å². The third-order valence-electron chi connectivity index (χ3n) is 9.58. The lowest BCUT2D eigenvalue weighted by Crippen LogP contribution is -2.43. The molecular weight excluding hydrogens is 627 g/mol. The zero-order valence-corrected chi connectivity index (χ0v) is 25.6. The number of allylic oxidation sites excluding steroid dienone is 1. The minimum Gasteiger partial charge on any atom is -0.493 e. The maximum atomic E-state index is 13.1. The third kappa shape index (κ3) is 5.86. The summed E-state index contributed by atoms with van der Waals surface area (Å²) in [6.45, 7) is -2.62. The van der Waals surface area contributed by atoms with Gasteiger partial charge in [-0.05, 0) is 75.0 Å². The first kappa shape index (κ1) is 29.9. The predicted molar refractivity (Wildman–Crippen MR) is 164 cm³/mol. The summed E-state index contributed by atoms with van der Waals surface area (Å²) < 4.78 is 42.9. The molecule has 8 nitrogen and oxygen atoms in total. The lowest BCUT2D eigenvalue weighted by molar-refractivity contribution is -0.0489. The fourth-order valence-corrected chi connectivity index (χ4v) is 7.29. The van der Waals surface area contributed by atoms with Gasteiger partial charge < -0.3 is 19.1 Å². The number of pyridine rings is 2. The molecule has 4 aliphatic rings. The Kier molecular flexibility index (Phi) is 7.68. The van der Waals surface area contributed by atoms with Crippen molar-refractivity contribution in [2.75, 3.05) is 6.61 Å². The number of ether oxygens (including phenoxy) is 2. The molecule has 2 bridgehead atoms. The number of hydrogen-bond donors (Lipinski definition) is 1. The molecule has 0 atom stereocenters. The summed E-state index contributed by atoms with van der Waals surface area (Å²) in [6, 6.07) is 5.82. The smallest absolute Gasteiger partial charge is 0.387 e. The molecule has 3 heterocycles. The molecule has 0 aliphatic heterocycles. The van der Waals surface area contributed by atoms with Gasteiger partial charge in [-0.3, -0.25) is 4.98 Å². The summed E-state index contributed by atoms with van der Waals surface area (Å²) in [5.41, 5.74) is 2.13. The molecule has 8 rings (SSSR count). The number of aromatic nitrogens is 3. The lowest BCUT2D eigenvalue weighted by Gasteiger charge is -2.52. The molecule has 1 aromatic carbocycles. The number of carboxylic acid groups (broad SMARTS) is 1. The molecule has 45 heavy (non-hydrogen) atoms. The molecule has 0 radical (unpaired) electrons. The van der Waals surface area contributed by atoms with E-state index in [0.717, 1.165) is 68.8 Å². The molecule has 3 aromatic heterocycles. The Morgan fingerprint density at radius 2 is 1.80 bits per heavy atom. The Bertz CT molecular complexity index is 1780. The van der Waals surface area contributed by atoms with Crippen LogP contribution in [0.25, 0.3) is 28.2 Å². The van der Waals surface area contributed by atoms with Gasteiger partial charge >= 0.3 is 12.6 Å². The molecule has 4 fully saturated rings. The molecule has 234 valence electrons. The van der Waals surface area contributed by atoms with Crippen LogP contribution in [0, 0.1) is 10.8 Å². The Balaban J connectivity index is 1.07. The van der Waals surface area contributed by atoms with E-state index < -0.39 is 12.6 Å². The van der Waals surface area contributed by atoms with Crippen LogP contribution >= 0.6 is 23.2 Å². The molecule has 4 saturated carbocycles. The van der Waals surface area contributed by atoms with Crippen LogP contribution in [-0.4, -0.2) is 39.4 Å². The predicted octanol–water partition coefficient (Wildman–Crippen LogP) is 9.20. The van der Waals surface area contributed by atoms with E-state index in [2.05, 4.69) is 32.0 Å². The fraction of sp³-hybridized carbons (Fsp3) is 0.394. The van der Waals surface area contributed by atoms with Crippen molar-refractivity contribution in [2.45, 2.75) is 63.9 Å². The number of rotatable bonds is 10. The average molecular weight is 657 g/mol. The quantitative estimate of drug-likeness (QED) is 0.180. The van der Waals surface area contributed by atoms with Crippen LogP contribution in [0.2, 0.25) is 10.0 Å². The SMILES string of the molecule is O=C(O)c1cc(OC(F)F)c2cc(OCC34CCC(/C=C/c5c(-c6c(Cl)cncc6Cl)noc5C5CC5)(CC3)CC4)ccc2n1. The summed E-state index contributed by atoms with van der Waals surface area (Å²) in [6.07, 6.45) is 15.7. The lowest BCUT2D eigenvalue weighted by atomic mass is 9.54. The van der Waals surface area contributed by atoms with E-state index in [-0.39, 0.29) is 33.2 Å². The first-order chi connectivity index (χ1) is 21.6. The number of carbonyl (C=O) groups is 1. The highest BCUT2D eigenvalue weighted by molar-refractivity contribution is 6.39. The topological polar surface area (TPSA) is 108 Å². The standard InChI is InChI=1S/C33H29Cl2F2N3O5/c34-22-15-38-16-23(35)27(22)28-20(29(45-40-28)18-1-2-18)5-6-32-7-10-33(11-8-32,12-9-32)17-43-19-3-4-24-21(13-19)26(44-31(36)37)14-25(39-24)30(41)42/h3-6,13-16,18,31H,1-2,7-12,17H2,(H,41,42)/b6-5+. The molecule has 4 aliphatic carbocycles. The normalized spacial score (nSPS) is 22.9. The zero-order valence-electron chi connectivity index (χ0n) is 24.1. The van der Waals surface area contributed by atoms with Crippen molar-refractivity contribution in [1.29, 1.82) is 0 Å². The molecule has 12 heteroatoms. The molecular formula is C33H29Cl2F2N3O5. The van der Waals surface area contributed by atoms with Crippen LogP contribution in [-0.2, 0) is 0 Å². The maximum Gasteiger partial charge on any atom is 0.387 e. The van der Waals surface area contributed by atoms with Crippen molar-refractivity contribution in [2.24, 2.45) is 10.8 Å². The summed E-state index contributed by atoms with van der Waals surface area (Å²) >= 11 is 13.0. The fourth-order valence-electron chi connectivity index (χ4n) is 6.75. The monoisotopic (exact) mass is 655 g/mol. The highest BCUT2D eigenvalue weighted by Crippen LogP contribution is 2.58. The van der Waals surface area contributed by atoms with E-state index in [1.807, 2.05) is 0 Å².